The molecule has 1 aromatic rings. The number of pyridine rings is 1. The number of nitrogens with two attached hydrogens (primary N) is 1. The molecule has 0 radical (unpaired) electrons. The Kier molecular flexibility index (Phi) is 5.99. The second-order valence-corrected chi connectivity index (χ2v) is 4.50. The molecule has 7 heteroatoms. The van der Waals surface area contributed by atoms with Crippen LogP contribution in [0.2, 0.25) is 0 Å². The van der Waals surface area contributed by atoms with E-state index in [1.165, 1.54) is 11.8 Å². The molecule has 1 aromatic heterocycles. The number of nitrogens with one attached hydrogen (secondary N) is 1. The number of thioether (sulfide) groups is 1. The maximum Gasteiger partial charge on any atom is 0.303 e. The molecule has 0 saturated carbocycles. The molecule has 1 heterocycles. The van der Waals surface area contributed by atoms with Crippen LogP contribution >= 0.6 is 11.8 Å². The minimum atomic E-state index is -0.861. The quantitative estimate of drug-likeness (QED) is 0.498. The van der Waals surface area contributed by atoms with Gasteiger partial charge in [-0.3, -0.25) is 9.59 Å². The van der Waals surface area contributed by atoms with E-state index in [0.29, 0.717) is 23.7 Å². The topological polar surface area (TPSA) is 105 Å². The van der Waals surface area contributed by atoms with Crippen molar-refractivity contribution in [2.24, 2.45) is 0 Å². The summed E-state index contributed by atoms with van der Waals surface area (Å²) in [6, 6.07) is 3.45. The molecule has 0 aromatic carbocycles. The highest BCUT2D eigenvalue weighted by Crippen LogP contribution is 2.20. The average Bonchev–Trinajstić information content (AvgIpc) is 2.33. The van der Waals surface area contributed by atoms with Crippen molar-refractivity contribution >= 4 is 29.3 Å². The zero-order valence-corrected chi connectivity index (χ0v) is 10.6. The first-order valence-electron chi connectivity index (χ1n) is 5.41. The summed E-state index contributed by atoms with van der Waals surface area (Å²) < 4.78 is 0. The average molecular weight is 269 g/mol. The first kappa shape index (κ1) is 14.3. The van der Waals surface area contributed by atoms with Gasteiger partial charge in [0.1, 0.15) is 5.03 Å². The van der Waals surface area contributed by atoms with E-state index in [0.717, 1.165) is 0 Å². The van der Waals surface area contributed by atoms with E-state index in [1.54, 1.807) is 18.3 Å². The van der Waals surface area contributed by atoms with Crippen LogP contribution < -0.4 is 11.1 Å². The summed E-state index contributed by atoms with van der Waals surface area (Å²) in [6.45, 7) is 0.364. The standard InChI is InChI=1S/C11H15N3O3S/c12-8-3-1-6-14-11(8)18-7-9(15)13-5-2-4-10(16)17/h1,3,6H,2,4-5,7,12H2,(H,13,15)(H,16,17). The van der Waals surface area contributed by atoms with Crippen LogP contribution in [0.5, 0.6) is 0 Å². The second kappa shape index (κ2) is 7.54. The van der Waals surface area contributed by atoms with Gasteiger partial charge in [0.2, 0.25) is 5.91 Å². The summed E-state index contributed by atoms with van der Waals surface area (Å²) >= 11 is 1.26. The molecule has 0 fully saturated rings. The lowest BCUT2D eigenvalue weighted by molar-refractivity contribution is -0.137. The molecule has 0 saturated heterocycles. The third kappa shape index (κ3) is 5.53. The summed E-state index contributed by atoms with van der Waals surface area (Å²) in [6.07, 6.45) is 2.10. The van der Waals surface area contributed by atoms with E-state index in [1.807, 2.05) is 0 Å². The largest absolute Gasteiger partial charge is 0.481 e. The molecule has 18 heavy (non-hydrogen) atoms. The normalized spacial score (nSPS) is 10.0. The molecular weight excluding hydrogens is 254 g/mol. The number of carboxylic acids is 1. The number of hydrogen-bond acceptors (Lipinski definition) is 5. The number of nitrogen functional groups attached to an aromatic ring is 1. The lowest BCUT2D eigenvalue weighted by atomic mass is 10.3. The number of nitrogens with zero attached hydrogens (tertiary/aromatic N) is 1. The fraction of sp³-hybridized carbons (Fsp3) is 0.364. The number of rotatable bonds is 7. The summed E-state index contributed by atoms with van der Waals surface area (Å²) in [5, 5.41) is 11.7. The number of amides is 1. The zero-order valence-electron chi connectivity index (χ0n) is 9.76. The van der Waals surface area contributed by atoms with Gasteiger partial charge in [-0.1, -0.05) is 11.8 Å². The zero-order chi connectivity index (χ0) is 13.4. The Labute approximate surface area is 109 Å². The van der Waals surface area contributed by atoms with Gasteiger partial charge in [0.15, 0.2) is 0 Å². The molecule has 1 amide bonds. The van der Waals surface area contributed by atoms with Gasteiger partial charge in [-0.2, -0.15) is 0 Å². The van der Waals surface area contributed by atoms with Crippen LogP contribution in [0.4, 0.5) is 5.69 Å². The molecule has 1 rings (SSSR count). The number of carbonyl (C=O) groups excluding carboxylic acids is 1. The van der Waals surface area contributed by atoms with E-state index in [9.17, 15) is 9.59 Å². The van der Waals surface area contributed by atoms with Gasteiger partial charge in [-0.05, 0) is 18.6 Å². The Morgan fingerprint density at radius 3 is 2.94 bits per heavy atom. The second-order valence-electron chi connectivity index (χ2n) is 3.53. The van der Waals surface area contributed by atoms with Crippen LogP contribution in [0.25, 0.3) is 0 Å². The molecule has 6 nitrogen and oxygen atoms in total. The Balaban J connectivity index is 2.21. The van der Waals surface area contributed by atoms with Crippen molar-refractivity contribution in [2.75, 3.05) is 18.0 Å². The van der Waals surface area contributed by atoms with Gasteiger partial charge in [0, 0.05) is 19.2 Å². The van der Waals surface area contributed by atoms with Gasteiger partial charge in [-0.15, -0.1) is 0 Å². The molecule has 98 valence electrons. The minimum absolute atomic E-state index is 0.0562. The Morgan fingerprint density at radius 2 is 2.28 bits per heavy atom. The van der Waals surface area contributed by atoms with Crippen LogP contribution in [-0.2, 0) is 9.59 Å². The van der Waals surface area contributed by atoms with Crippen LogP contribution in [-0.4, -0.2) is 34.3 Å². The van der Waals surface area contributed by atoms with Crippen molar-refractivity contribution in [3.63, 3.8) is 0 Å². The maximum atomic E-state index is 11.4. The van der Waals surface area contributed by atoms with Gasteiger partial charge in [-0.25, -0.2) is 4.98 Å². The maximum absolute atomic E-state index is 11.4. The van der Waals surface area contributed by atoms with Crippen molar-refractivity contribution in [1.82, 2.24) is 10.3 Å². The molecule has 0 unspecified atom stereocenters. The Bertz CT molecular complexity index is 426. The predicted octanol–water partition coefficient (Wildman–Crippen LogP) is 0.737. The van der Waals surface area contributed by atoms with Crippen molar-refractivity contribution in [3.8, 4) is 0 Å². The van der Waals surface area contributed by atoms with E-state index in [-0.39, 0.29) is 18.1 Å². The summed E-state index contributed by atoms with van der Waals surface area (Å²) in [5.74, 6) is -0.802. The number of aliphatic carboxylic acids is 1. The van der Waals surface area contributed by atoms with Crippen LogP contribution in [0.15, 0.2) is 23.4 Å². The van der Waals surface area contributed by atoms with E-state index < -0.39 is 5.97 Å². The Hall–Kier alpha value is -1.76. The molecule has 4 N–H and O–H groups in total. The predicted molar refractivity (Wildman–Crippen MR) is 69.3 cm³/mol. The van der Waals surface area contributed by atoms with Crippen molar-refractivity contribution in [3.05, 3.63) is 18.3 Å². The fourth-order valence-corrected chi connectivity index (χ4v) is 1.92. The number of hydrogen-bond donors (Lipinski definition) is 3. The van der Waals surface area contributed by atoms with Gasteiger partial charge < -0.3 is 16.2 Å². The lowest BCUT2D eigenvalue weighted by Crippen LogP contribution is -2.26. The number of aromatic nitrogens is 1. The minimum Gasteiger partial charge on any atom is -0.481 e. The van der Waals surface area contributed by atoms with E-state index in [2.05, 4.69) is 10.3 Å². The molecular formula is C11H15N3O3S. The fourth-order valence-electron chi connectivity index (χ4n) is 1.18. The van der Waals surface area contributed by atoms with Crippen LogP contribution in [0.3, 0.4) is 0 Å². The van der Waals surface area contributed by atoms with Crippen molar-refractivity contribution in [1.29, 1.82) is 0 Å². The van der Waals surface area contributed by atoms with E-state index in [4.69, 9.17) is 10.8 Å². The Morgan fingerprint density at radius 1 is 1.50 bits per heavy atom. The summed E-state index contributed by atoms with van der Waals surface area (Å²) in [5.41, 5.74) is 6.22. The summed E-state index contributed by atoms with van der Waals surface area (Å²) in [4.78, 5) is 25.7. The highest BCUT2D eigenvalue weighted by atomic mass is 32.2. The molecule has 0 aliphatic heterocycles. The molecule has 0 aliphatic carbocycles. The highest BCUT2D eigenvalue weighted by Gasteiger charge is 2.05. The smallest absolute Gasteiger partial charge is 0.303 e. The third-order valence-electron chi connectivity index (χ3n) is 2.03. The SMILES string of the molecule is Nc1cccnc1SCC(=O)NCCCC(=O)O. The third-order valence-corrected chi connectivity index (χ3v) is 3.05. The van der Waals surface area contributed by atoms with Gasteiger partial charge in [0.05, 0.1) is 11.4 Å². The summed E-state index contributed by atoms with van der Waals surface area (Å²) in [7, 11) is 0. The van der Waals surface area contributed by atoms with Crippen LogP contribution in [0.1, 0.15) is 12.8 Å². The van der Waals surface area contributed by atoms with Gasteiger partial charge in [0.25, 0.3) is 0 Å². The molecule has 0 atom stereocenters. The molecule has 0 bridgehead atoms. The van der Waals surface area contributed by atoms with Crippen molar-refractivity contribution in [2.45, 2.75) is 17.9 Å². The monoisotopic (exact) mass is 269 g/mol. The van der Waals surface area contributed by atoms with E-state index >= 15 is 0 Å². The first-order valence-corrected chi connectivity index (χ1v) is 6.40. The number of carboxylic acid groups (broad SMARTS) is 1. The number of anilines is 1. The molecule has 0 spiro atoms. The number of carbonyl (C=O) groups is 2. The highest BCUT2D eigenvalue weighted by molar-refractivity contribution is 8.00. The van der Waals surface area contributed by atoms with Gasteiger partial charge >= 0.3 is 5.97 Å². The first-order chi connectivity index (χ1) is 8.59. The van der Waals surface area contributed by atoms with Crippen LogP contribution in [0, 0.1) is 0 Å². The van der Waals surface area contributed by atoms with Crippen molar-refractivity contribution < 1.29 is 14.7 Å². The molecule has 0 aliphatic rings. The lowest BCUT2D eigenvalue weighted by Gasteiger charge is -2.05.